The molecule has 0 amide bonds. The Kier molecular flexibility index (Phi) is 58.3. The van der Waals surface area contributed by atoms with Gasteiger partial charge in [-0.15, -0.1) is 63.1 Å². The van der Waals surface area contributed by atoms with Crippen LogP contribution in [0.15, 0.2) is 285 Å². The molecule has 7 aromatic rings. The van der Waals surface area contributed by atoms with Gasteiger partial charge in [-0.05, 0) is 219 Å². The van der Waals surface area contributed by atoms with E-state index in [0.29, 0.717) is 6.10 Å². The van der Waals surface area contributed by atoms with Crippen molar-refractivity contribution in [1.82, 2.24) is 19.6 Å². The monoisotopic (exact) mass is 2350 g/mol. The van der Waals surface area contributed by atoms with Gasteiger partial charge in [0.25, 0.3) is 0 Å². The first-order chi connectivity index (χ1) is 67.4. The molecular weight excluding hydrogens is 2160 g/mol. The molecule has 16 atom stereocenters. The van der Waals surface area contributed by atoms with E-state index in [1.165, 1.54) is 129 Å². The van der Waals surface area contributed by atoms with E-state index >= 15 is 0 Å². The van der Waals surface area contributed by atoms with Crippen molar-refractivity contribution < 1.29 is 129 Å². The van der Waals surface area contributed by atoms with Crippen LogP contribution in [0.25, 0.3) is 19.9 Å². The van der Waals surface area contributed by atoms with E-state index in [2.05, 4.69) is 368 Å². The van der Waals surface area contributed by atoms with Crippen LogP contribution in [0.4, 0.5) is 17.1 Å². The van der Waals surface area contributed by atoms with Gasteiger partial charge in [0.05, 0.1) is 0 Å². The molecule has 20 heteroatoms. The molecule has 825 valence electrons. The normalized spacial score (nSPS) is 24.7. The van der Waals surface area contributed by atoms with Gasteiger partial charge in [-0.2, -0.15) is 57.5 Å². The van der Waals surface area contributed by atoms with Crippen LogP contribution in [0.2, 0.25) is 74.5 Å². The van der Waals surface area contributed by atoms with Crippen LogP contribution in [0, 0.1) is 142 Å². The van der Waals surface area contributed by atoms with E-state index < -0.39 is 32.9 Å². The fraction of sp³-hybridized carbons (Fsp3) is 0.492. The van der Waals surface area contributed by atoms with Crippen molar-refractivity contribution in [2.75, 3.05) is 64.4 Å². The minimum atomic E-state index is -1.59. The molecule has 0 spiro atoms. The van der Waals surface area contributed by atoms with Crippen molar-refractivity contribution in [1.29, 1.82) is 0 Å². The molecule has 3 N–H and O–H groups in total. The van der Waals surface area contributed by atoms with Crippen LogP contribution in [-0.2, 0) is 77.5 Å². The summed E-state index contributed by atoms with van der Waals surface area (Å²) in [5, 5.41) is 0. The molecule has 19 rings (SSSR count). The fourth-order valence-corrected chi connectivity index (χ4v) is 41.9. The smallest absolute Gasteiger partial charge is 0.660 e. The molecule has 8 aliphatic carbocycles. The zero-order valence-corrected chi connectivity index (χ0v) is 109. The van der Waals surface area contributed by atoms with Gasteiger partial charge in [0.15, 0.2) is 30.5 Å². The predicted molar refractivity (Wildman–Crippen MR) is 651 cm³/mol. The van der Waals surface area contributed by atoms with Crippen molar-refractivity contribution >= 4 is 50.0 Å². The first-order valence-electron chi connectivity index (χ1n) is 54.3. The Morgan fingerprint density at radius 3 is 0.753 bits per heavy atom. The number of benzene rings is 7. The number of nitrogens with zero attached hydrogens (tertiary/aromatic N) is 9. The Labute approximate surface area is 1010 Å². The van der Waals surface area contributed by atoms with E-state index in [4.69, 9.17) is 19.9 Å². The van der Waals surface area contributed by atoms with Crippen LogP contribution >= 0.6 is 0 Å². The van der Waals surface area contributed by atoms with Gasteiger partial charge in [0.2, 0.25) is 5.75 Å². The van der Waals surface area contributed by atoms with E-state index in [-0.39, 0.29) is 166 Å². The molecule has 12 aliphatic rings. The maximum atomic E-state index is 5.34. The van der Waals surface area contributed by atoms with Crippen LogP contribution in [0.1, 0.15) is 196 Å². The van der Waals surface area contributed by atoms with Crippen LogP contribution in [0.3, 0.4) is 0 Å². The second kappa shape index (κ2) is 63.5. The number of fused-ring (bicyclic) bond motifs is 4. The third kappa shape index (κ3) is 40.1. The minimum Gasteiger partial charge on any atom is -0.660 e. The number of rotatable bonds is 20. The minimum absolute atomic E-state index is 0. The first-order valence-corrected chi connectivity index (χ1v) is 66.4. The van der Waals surface area contributed by atoms with Crippen LogP contribution < -0.4 is 4.90 Å². The molecule has 12 nitrogen and oxygen atoms in total. The molecule has 4 aliphatic heterocycles. The van der Waals surface area contributed by atoms with E-state index in [0.717, 1.165) is 156 Å². The molecule has 16 unspecified atom stereocenters. The Morgan fingerprint density at radius 2 is 0.520 bits per heavy atom. The third-order valence-corrected chi connectivity index (χ3v) is 45.7. The van der Waals surface area contributed by atoms with Crippen molar-refractivity contribution in [3.63, 3.8) is 0 Å². The second-order valence-electron chi connectivity index (χ2n) is 48.5. The van der Waals surface area contributed by atoms with E-state index in [9.17, 15) is 0 Å². The summed E-state index contributed by atoms with van der Waals surface area (Å²) < 4.78 is 12.9. The number of ether oxygens (including phenoxy) is 3. The molecule has 7 aromatic carbocycles. The topological polar surface area (TPSA) is 111 Å². The molecule has 0 bridgehead atoms. The molecule has 8 fully saturated rings. The fourth-order valence-electron chi connectivity index (χ4n) is 25.9. The number of hydrogen-bond donors (Lipinski definition) is 0. The van der Waals surface area contributed by atoms with Crippen molar-refractivity contribution in [3.8, 4) is 23.0 Å². The predicted octanol–water partition coefficient (Wildman–Crippen LogP) is 34.8. The Morgan fingerprint density at radius 1 is 0.300 bits per heavy atom. The summed E-state index contributed by atoms with van der Waals surface area (Å²) in [6.07, 6.45) is 55.2. The quantitative estimate of drug-likeness (QED) is 0.0429. The Hall–Kier alpha value is -4.47. The second-order valence-corrected chi connectivity index (χ2v) is 65.6. The van der Waals surface area contributed by atoms with Gasteiger partial charge in [0, 0.05) is 139 Å². The number of hydrogen-bond acceptors (Lipinski definition) is 5. The van der Waals surface area contributed by atoms with Gasteiger partial charge in [-0.3, -0.25) is 19.6 Å². The third-order valence-electron chi connectivity index (χ3n) is 30.9. The summed E-state index contributed by atoms with van der Waals surface area (Å²) in [5.41, 5.74) is 10.9. The summed E-state index contributed by atoms with van der Waals surface area (Å²) in [6.45, 7) is 77.6. The van der Waals surface area contributed by atoms with Crippen molar-refractivity contribution in [2.45, 2.75) is 301 Å². The SMILES string of the molecule is CC(C)(C)[N-][Si](C)(C)C1CC(N2CCCC2)C2C=CC=CC21.CC(C)(C)[N-][Si](C)(C)C1CC(N2CCCC2)C2C=CC=CC21.CC(C)(C)[N-][Si](C)(C)C1CC(N2CCCC2)C2C=CC=CC21.CC(C)(C)[N-][Si](C)(C)C1CC(N2CCCC2)C2C=CC=CC21.[CH2-]c1ccccc1N(c1ccccc1)c1ccccc1.[CH2-]c1ccccc1[OH+]C.[CH2-]c1ccccc1[OH+]C(C)C.[CH2-]c1ccccc1[OH+]c1ccccc1.[CH3-].[CH3-].[CH3-].[CH3-].[Lu+3].[Sc].[Sc].[Sc]. The van der Waals surface area contributed by atoms with Crippen molar-refractivity contribution in [3.05, 3.63) is 385 Å². The Balaban J connectivity index is 0.000000359. The van der Waals surface area contributed by atoms with Crippen molar-refractivity contribution in [2.24, 2.45) is 47.3 Å². The summed E-state index contributed by atoms with van der Waals surface area (Å²) >= 11 is 0. The zero-order chi connectivity index (χ0) is 102. The van der Waals surface area contributed by atoms with E-state index in [1.807, 2.05) is 133 Å². The molecule has 4 saturated carbocycles. The number of aromatic hydroxyl groups is 4. The largest absolute Gasteiger partial charge is 3.00 e. The zero-order valence-electron chi connectivity index (χ0n) is 97.8. The molecule has 4 heterocycles. The Bertz CT molecular complexity index is 4890. The summed E-state index contributed by atoms with van der Waals surface area (Å²) in [6, 6.07) is 65.4. The van der Waals surface area contributed by atoms with Gasteiger partial charge >= 0.3 is 36.9 Å². The van der Waals surface area contributed by atoms with Gasteiger partial charge in [0.1, 0.15) is 0 Å². The van der Waals surface area contributed by atoms with Gasteiger partial charge < -0.3 is 68.7 Å². The standard InChI is InChI=1S/4C19H33N2Si.C19H16N.C13H11O.C10H13O.C8H9O.4CH3.Lu.3Sc/c4*1-19(2,3)20-22(4,5)18-14-17(21-12-8-9-13-21)15-10-6-7-11-16(15)18;1-16-10-8-9-15-19(16)20(17-11-4-2-5-12-17)18-13-6-3-7-14-18;1-11-7-5-6-10-13(11)14-12-8-3-2-4-9-12;1-8(2)11-10-7-5-4-6-9(10)3;1-7-5-3-4-6-8(7)9-2;;;;;;;;/h4*6-7,10-11,15-18H,8-9,12-14H2,1-5H3;2-15H,1H2;2-10H,1H2;4-8H,3H2,1-2H3;3-6H,1H2,2H3;4*1H3;;;;/q12*-1;+3;;;/p+3. The summed E-state index contributed by atoms with van der Waals surface area (Å²) in [7, 11) is -4.61. The summed E-state index contributed by atoms with van der Waals surface area (Å²) in [4.78, 5) is 34.7. The van der Waals surface area contributed by atoms with Gasteiger partial charge in [-0.1, -0.05) is 378 Å². The average molecular weight is 2360 g/mol. The number of anilines is 3. The molecule has 4 saturated heterocycles. The number of aliphatic hydroxyl groups is 2. The van der Waals surface area contributed by atoms with Crippen LogP contribution in [-0.4, -0.2) is 179 Å². The maximum absolute atomic E-state index is 5.34. The maximum Gasteiger partial charge on any atom is 3.00 e. The number of para-hydroxylation sites is 7. The van der Waals surface area contributed by atoms with Crippen LogP contribution in [0.5, 0.6) is 23.0 Å². The van der Waals surface area contributed by atoms with Gasteiger partial charge in [-0.25, -0.2) is 0 Å². The summed E-state index contributed by atoms with van der Waals surface area (Å²) in [5.74, 6) is 9.69. The average Bonchev–Trinajstić information content (AvgIpc) is 1.62. The first kappa shape index (κ1) is 138. The molecule has 3 radical (unpaired) electrons. The van der Waals surface area contributed by atoms with E-state index in [1.54, 1.807) is 7.11 Å². The number of likely N-dealkylation sites (tertiary alicyclic amines) is 4. The molecule has 150 heavy (non-hydrogen) atoms. The number of allylic oxidation sites excluding steroid dienone is 12. The molecular formula is C130H196LuN9O3Sc3Si4-6. The molecule has 0 aromatic heterocycles.